The summed E-state index contributed by atoms with van der Waals surface area (Å²) in [5, 5.41) is 3.11. The van der Waals surface area contributed by atoms with Gasteiger partial charge in [-0.15, -0.1) is 0 Å². The number of benzene rings is 1. The third-order valence-electron chi connectivity index (χ3n) is 5.41. The lowest BCUT2D eigenvalue weighted by Gasteiger charge is -2.35. The molecule has 2 amide bonds. The quantitative estimate of drug-likeness (QED) is 0.853. The second-order valence-corrected chi connectivity index (χ2v) is 9.22. The Bertz CT molecular complexity index is 740. The fourth-order valence-electron chi connectivity index (χ4n) is 3.79. The summed E-state index contributed by atoms with van der Waals surface area (Å²) < 4.78 is 40.4. The highest BCUT2D eigenvalue weighted by molar-refractivity contribution is 7.89. The monoisotopic (exact) mass is 397 g/mol. The molecule has 0 aromatic heterocycles. The van der Waals surface area contributed by atoms with Crippen LogP contribution in [0, 0.1) is 5.82 Å². The number of amides is 2. The van der Waals surface area contributed by atoms with Crippen LogP contribution in [0.25, 0.3) is 0 Å². The van der Waals surface area contributed by atoms with Gasteiger partial charge in [-0.05, 0) is 25.0 Å². The van der Waals surface area contributed by atoms with E-state index in [9.17, 15) is 17.6 Å². The summed E-state index contributed by atoms with van der Waals surface area (Å²) >= 11 is 0. The van der Waals surface area contributed by atoms with Crippen LogP contribution in [0.2, 0.25) is 0 Å². The van der Waals surface area contributed by atoms with E-state index in [1.807, 2.05) is 0 Å². The maximum absolute atomic E-state index is 13.9. The Balaban J connectivity index is 1.55. The van der Waals surface area contributed by atoms with E-state index in [4.69, 9.17) is 0 Å². The SMILES string of the molecule is O=C(NC1CCCCCCC1)N1CCN(S(=O)(=O)c2ccccc2F)CC1. The lowest BCUT2D eigenvalue weighted by Crippen LogP contribution is -2.54. The second kappa shape index (κ2) is 9.01. The first-order valence-electron chi connectivity index (χ1n) is 9.78. The Morgan fingerprint density at radius 1 is 0.963 bits per heavy atom. The van der Waals surface area contributed by atoms with Crippen LogP contribution in [0.1, 0.15) is 44.9 Å². The van der Waals surface area contributed by atoms with Gasteiger partial charge in [0.1, 0.15) is 10.7 Å². The topological polar surface area (TPSA) is 69.7 Å². The first kappa shape index (κ1) is 20.1. The fourth-order valence-corrected chi connectivity index (χ4v) is 5.28. The van der Waals surface area contributed by atoms with Crippen molar-refractivity contribution in [2.45, 2.75) is 55.9 Å². The van der Waals surface area contributed by atoms with Gasteiger partial charge in [-0.25, -0.2) is 17.6 Å². The van der Waals surface area contributed by atoms with Crippen molar-refractivity contribution in [3.05, 3.63) is 30.1 Å². The van der Waals surface area contributed by atoms with E-state index < -0.39 is 15.8 Å². The number of piperazine rings is 1. The molecule has 1 aromatic carbocycles. The Morgan fingerprint density at radius 3 is 2.19 bits per heavy atom. The third kappa shape index (κ3) is 4.99. The molecule has 0 atom stereocenters. The van der Waals surface area contributed by atoms with Gasteiger partial charge in [-0.3, -0.25) is 0 Å². The summed E-state index contributed by atoms with van der Waals surface area (Å²) in [6.07, 6.45) is 8.01. The molecular formula is C19H28FN3O3S. The molecule has 0 unspecified atom stereocenters. The van der Waals surface area contributed by atoms with E-state index in [1.54, 1.807) is 4.90 Å². The molecule has 1 saturated carbocycles. The van der Waals surface area contributed by atoms with Crippen LogP contribution in [0.3, 0.4) is 0 Å². The molecule has 6 nitrogen and oxygen atoms in total. The normalized spacial score (nSPS) is 20.7. The summed E-state index contributed by atoms with van der Waals surface area (Å²) in [6.45, 7) is 0.974. The molecule has 0 bridgehead atoms. The molecule has 0 spiro atoms. The molecule has 1 aromatic rings. The molecular weight excluding hydrogens is 369 g/mol. The largest absolute Gasteiger partial charge is 0.335 e. The first-order chi connectivity index (χ1) is 13.0. The second-order valence-electron chi connectivity index (χ2n) is 7.31. The number of sulfonamides is 1. The van der Waals surface area contributed by atoms with Gasteiger partial charge in [-0.2, -0.15) is 4.31 Å². The highest BCUT2D eigenvalue weighted by atomic mass is 32.2. The molecule has 0 radical (unpaired) electrons. The summed E-state index contributed by atoms with van der Waals surface area (Å²) in [6, 6.07) is 5.48. The number of hydrogen-bond donors (Lipinski definition) is 1. The lowest BCUT2D eigenvalue weighted by atomic mass is 9.97. The summed E-state index contributed by atoms with van der Waals surface area (Å²) in [5.41, 5.74) is 0. The average molecular weight is 398 g/mol. The maximum atomic E-state index is 13.9. The summed E-state index contributed by atoms with van der Waals surface area (Å²) in [7, 11) is -3.88. The van der Waals surface area contributed by atoms with Gasteiger partial charge in [0, 0.05) is 32.2 Å². The zero-order valence-electron chi connectivity index (χ0n) is 15.6. The van der Waals surface area contributed by atoms with E-state index in [2.05, 4.69) is 5.32 Å². The van der Waals surface area contributed by atoms with E-state index in [-0.39, 0.29) is 30.1 Å². The Kier molecular flexibility index (Phi) is 6.70. The molecule has 1 N–H and O–H groups in total. The Hall–Kier alpha value is -1.67. The summed E-state index contributed by atoms with van der Waals surface area (Å²) in [4.78, 5) is 13.9. The van der Waals surface area contributed by atoms with Crippen molar-refractivity contribution in [1.82, 2.24) is 14.5 Å². The smallest absolute Gasteiger partial charge is 0.317 e. The number of nitrogens with zero attached hydrogens (tertiary/aromatic N) is 2. The minimum absolute atomic E-state index is 0.122. The minimum Gasteiger partial charge on any atom is -0.335 e. The van der Waals surface area contributed by atoms with Crippen molar-refractivity contribution in [1.29, 1.82) is 0 Å². The maximum Gasteiger partial charge on any atom is 0.317 e. The van der Waals surface area contributed by atoms with E-state index in [1.165, 1.54) is 41.8 Å². The minimum atomic E-state index is -3.88. The molecule has 1 aliphatic heterocycles. The van der Waals surface area contributed by atoms with Crippen molar-refractivity contribution in [3.8, 4) is 0 Å². The van der Waals surface area contributed by atoms with Gasteiger partial charge in [-0.1, -0.05) is 44.2 Å². The van der Waals surface area contributed by atoms with Crippen LogP contribution in [0.15, 0.2) is 29.2 Å². The molecule has 150 valence electrons. The van der Waals surface area contributed by atoms with Crippen molar-refractivity contribution in [2.24, 2.45) is 0 Å². The highest BCUT2D eigenvalue weighted by Crippen LogP contribution is 2.21. The molecule has 3 rings (SSSR count). The zero-order chi connectivity index (χ0) is 19.3. The average Bonchev–Trinajstić information content (AvgIpc) is 2.64. The summed E-state index contributed by atoms with van der Waals surface area (Å²) in [5.74, 6) is -0.748. The van der Waals surface area contributed by atoms with Crippen LogP contribution < -0.4 is 5.32 Å². The molecule has 1 heterocycles. The molecule has 2 aliphatic rings. The van der Waals surface area contributed by atoms with Gasteiger partial charge in [0.15, 0.2) is 0 Å². The number of carbonyl (C=O) groups excluding carboxylic acids is 1. The third-order valence-corrected chi connectivity index (χ3v) is 7.34. The highest BCUT2D eigenvalue weighted by Gasteiger charge is 2.32. The molecule has 8 heteroatoms. The van der Waals surface area contributed by atoms with Crippen LogP contribution in [0.5, 0.6) is 0 Å². The lowest BCUT2D eigenvalue weighted by molar-refractivity contribution is 0.167. The fraction of sp³-hybridized carbons (Fsp3) is 0.632. The number of hydrogen-bond acceptors (Lipinski definition) is 3. The predicted octanol–water partition coefficient (Wildman–Crippen LogP) is 2.95. The number of rotatable bonds is 3. The van der Waals surface area contributed by atoms with Crippen LogP contribution in [-0.4, -0.2) is 55.9 Å². The Morgan fingerprint density at radius 2 is 1.56 bits per heavy atom. The number of urea groups is 1. The molecule has 1 aliphatic carbocycles. The van der Waals surface area contributed by atoms with Gasteiger partial charge < -0.3 is 10.2 Å². The van der Waals surface area contributed by atoms with Crippen molar-refractivity contribution < 1.29 is 17.6 Å². The van der Waals surface area contributed by atoms with Crippen molar-refractivity contribution in [2.75, 3.05) is 26.2 Å². The van der Waals surface area contributed by atoms with Crippen LogP contribution >= 0.6 is 0 Å². The van der Waals surface area contributed by atoms with E-state index in [0.29, 0.717) is 13.1 Å². The van der Waals surface area contributed by atoms with Crippen molar-refractivity contribution in [3.63, 3.8) is 0 Å². The molecule has 2 fully saturated rings. The first-order valence-corrected chi connectivity index (χ1v) is 11.2. The van der Waals surface area contributed by atoms with Gasteiger partial charge in [0.25, 0.3) is 0 Å². The van der Waals surface area contributed by atoms with Crippen LogP contribution in [-0.2, 0) is 10.0 Å². The number of carbonyl (C=O) groups is 1. The van der Waals surface area contributed by atoms with E-state index >= 15 is 0 Å². The van der Waals surface area contributed by atoms with Crippen molar-refractivity contribution >= 4 is 16.1 Å². The zero-order valence-corrected chi connectivity index (χ0v) is 16.4. The van der Waals surface area contributed by atoms with E-state index in [0.717, 1.165) is 31.7 Å². The van der Waals surface area contributed by atoms with Gasteiger partial charge in [0.2, 0.25) is 10.0 Å². The molecule has 1 saturated heterocycles. The standard InChI is InChI=1S/C19H28FN3O3S/c20-17-10-6-7-11-18(17)27(25,26)23-14-12-22(13-15-23)19(24)21-16-8-4-2-1-3-5-9-16/h6-7,10-11,16H,1-5,8-9,12-15H2,(H,21,24). The molecule has 27 heavy (non-hydrogen) atoms. The number of halogens is 1. The van der Waals surface area contributed by atoms with Crippen LogP contribution in [0.4, 0.5) is 9.18 Å². The predicted molar refractivity (Wildman–Crippen MR) is 101 cm³/mol. The van der Waals surface area contributed by atoms with Gasteiger partial charge >= 0.3 is 6.03 Å². The van der Waals surface area contributed by atoms with Gasteiger partial charge in [0.05, 0.1) is 0 Å². The Labute approximate surface area is 160 Å². The number of nitrogens with one attached hydrogen (secondary N) is 1.